The molecule has 0 spiro atoms. The van der Waals surface area contributed by atoms with Crippen molar-refractivity contribution in [2.24, 2.45) is 5.92 Å². The number of hydrogen-bond donors (Lipinski definition) is 0. The molecule has 0 radical (unpaired) electrons. The Morgan fingerprint density at radius 1 is 1.07 bits per heavy atom. The Labute approximate surface area is 178 Å². The normalized spacial score (nSPS) is 21.4. The molecule has 2 aliphatic heterocycles. The van der Waals surface area contributed by atoms with Gasteiger partial charge in [0.1, 0.15) is 0 Å². The number of carbonyl (C=O) groups excluding carboxylic acids is 2. The zero-order chi connectivity index (χ0) is 21.7. The minimum absolute atomic E-state index is 0.0214. The lowest BCUT2D eigenvalue weighted by molar-refractivity contribution is -0.150. The van der Waals surface area contributed by atoms with Gasteiger partial charge in [0, 0.05) is 32.7 Å². The molecule has 0 N–H and O–H groups in total. The van der Waals surface area contributed by atoms with E-state index in [1.807, 2.05) is 11.8 Å². The second kappa shape index (κ2) is 9.89. The van der Waals surface area contributed by atoms with E-state index in [0.29, 0.717) is 26.2 Å². The van der Waals surface area contributed by atoms with Crippen molar-refractivity contribution in [1.82, 2.24) is 14.1 Å². The maximum Gasteiger partial charge on any atom is 0.310 e. The zero-order valence-electron chi connectivity index (χ0n) is 17.7. The van der Waals surface area contributed by atoms with Crippen LogP contribution in [-0.4, -0.2) is 86.8 Å². The number of nitrogens with zero attached hydrogens (tertiary/aromatic N) is 3. The Hall–Kier alpha value is -1.97. The lowest BCUT2D eigenvalue weighted by atomic mass is 9.98. The zero-order valence-corrected chi connectivity index (χ0v) is 18.6. The third-order valence-corrected chi connectivity index (χ3v) is 7.65. The number of hydrogen-bond acceptors (Lipinski definition) is 6. The fourth-order valence-electron chi connectivity index (χ4n) is 3.98. The topological polar surface area (TPSA) is 87.2 Å². The molecule has 1 amide bonds. The van der Waals surface area contributed by atoms with Crippen molar-refractivity contribution in [2.45, 2.75) is 31.6 Å². The summed E-state index contributed by atoms with van der Waals surface area (Å²) in [7, 11) is -3.54. The lowest BCUT2D eigenvalue weighted by Gasteiger charge is -2.36. The predicted octanol–water partition coefficient (Wildman–Crippen LogP) is 1.10. The highest BCUT2D eigenvalue weighted by molar-refractivity contribution is 7.89. The van der Waals surface area contributed by atoms with Crippen LogP contribution in [0.3, 0.4) is 0 Å². The largest absolute Gasteiger partial charge is 0.466 e. The third kappa shape index (κ3) is 5.39. The molecule has 9 heteroatoms. The first kappa shape index (κ1) is 22.7. The van der Waals surface area contributed by atoms with Gasteiger partial charge in [0.2, 0.25) is 15.9 Å². The van der Waals surface area contributed by atoms with E-state index in [1.54, 1.807) is 36.1 Å². The van der Waals surface area contributed by atoms with Gasteiger partial charge in [0.25, 0.3) is 0 Å². The second-order valence-electron chi connectivity index (χ2n) is 7.92. The van der Waals surface area contributed by atoms with E-state index in [4.69, 9.17) is 4.74 Å². The molecule has 2 aliphatic rings. The number of benzene rings is 1. The van der Waals surface area contributed by atoms with Crippen molar-refractivity contribution in [3.8, 4) is 0 Å². The number of aryl methyl sites for hydroxylation is 1. The SMILES string of the molecule is CCOC(=O)C1CCCN(CC(=O)N2CCN(S(=O)(=O)c3ccc(C)cc3)CC2)C1. The average molecular weight is 438 g/mol. The van der Waals surface area contributed by atoms with Gasteiger partial charge in [-0.05, 0) is 45.4 Å². The highest BCUT2D eigenvalue weighted by Crippen LogP contribution is 2.20. The van der Waals surface area contributed by atoms with Crippen LogP contribution in [0.1, 0.15) is 25.3 Å². The summed E-state index contributed by atoms with van der Waals surface area (Å²) in [6.45, 7) is 6.96. The standard InChI is InChI=1S/C21H31N3O5S/c1-3-29-21(26)18-5-4-10-22(15-18)16-20(25)23-11-13-24(14-12-23)30(27,28)19-8-6-17(2)7-9-19/h6-9,18H,3-5,10-16H2,1-2H3. The predicted molar refractivity (Wildman–Crippen MR) is 112 cm³/mol. The van der Waals surface area contributed by atoms with Gasteiger partial charge in [-0.3, -0.25) is 14.5 Å². The van der Waals surface area contributed by atoms with E-state index < -0.39 is 10.0 Å². The van der Waals surface area contributed by atoms with E-state index >= 15 is 0 Å². The van der Waals surface area contributed by atoms with Crippen LogP contribution in [0.25, 0.3) is 0 Å². The summed E-state index contributed by atoms with van der Waals surface area (Å²) in [5.74, 6) is -0.389. The van der Waals surface area contributed by atoms with Crippen LogP contribution in [0.4, 0.5) is 0 Å². The van der Waals surface area contributed by atoms with Crippen LogP contribution in [0.2, 0.25) is 0 Å². The van der Waals surface area contributed by atoms with E-state index in [0.717, 1.165) is 24.9 Å². The van der Waals surface area contributed by atoms with Gasteiger partial charge in [0.15, 0.2) is 0 Å². The Morgan fingerprint density at radius 2 is 1.73 bits per heavy atom. The van der Waals surface area contributed by atoms with Gasteiger partial charge < -0.3 is 9.64 Å². The molecule has 8 nitrogen and oxygen atoms in total. The Morgan fingerprint density at radius 3 is 2.37 bits per heavy atom. The van der Waals surface area contributed by atoms with Crippen LogP contribution in [0, 0.1) is 12.8 Å². The van der Waals surface area contributed by atoms with Crippen LogP contribution in [-0.2, 0) is 24.3 Å². The van der Waals surface area contributed by atoms with Crippen LogP contribution in [0.15, 0.2) is 29.2 Å². The summed E-state index contributed by atoms with van der Waals surface area (Å²) in [6, 6.07) is 6.82. The highest BCUT2D eigenvalue weighted by Gasteiger charge is 2.32. The minimum atomic E-state index is -3.54. The monoisotopic (exact) mass is 437 g/mol. The summed E-state index contributed by atoms with van der Waals surface area (Å²) >= 11 is 0. The molecule has 30 heavy (non-hydrogen) atoms. The molecule has 2 saturated heterocycles. The Kier molecular flexibility index (Phi) is 7.49. The number of sulfonamides is 1. The van der Waals surface area contributed by atoms with Gasteiger partial charge in [-0.1, -0.05) is 17.7 Å². The van der Waals surface area contributed by atoms with Crippen molar-refractivity contribution >= 4 is 21.9 Å². The molecule has 2 heterocycles. The number of ether oxygens (including phenoxy) is 1. The maximum atomic E-state index is 12.8. The smallest absolute Gasteiger partial charge is 0.310 e. The Bertz CT molecular complexity index is 848. The molecule has 3 rings (SSSR count). The van der Waals surface area contributed by atoms with E-state index in [2.05, 4.69) is 0 Å². The van der Waals surface area contributed by atoms with Gasteiger partial charge in [-0.15, -0.1) is 0 Å². The molecule has 0 aromatic heterocycles. The van der Waals surface area contributed by atoms with E-state index in [-0.39, 0.29) is 42.3 Å². The maximum absolute atomic E-state index is 12.8. The van der Waals surface area contributed by atoms with Crippen LogP contribution < -0.4 is 0 Å². The van der Waals surface area contributed by atoms with Crippen LogP contribution >= 0.6 is 0 Å². The van der Waals surface area contributed by atoms with Gasteiger partial charge >= 0.3 is 5.97 Å². The minimum Gasteiger partial charge on any atom is -0.466 e. The number of likely N-dealkylation sites (tertiary alicyclic amines) is 1. The average Bonchev–Trinajstić information content (AvgIpc) is 2.74. The molecule has 1 aromatic rings. The fourth-order valence-corrected chi connectivity index (χ4v) is 5.40. The molecule has 0 aliphatic carbocycles. The first-order valence-electron chi connectivity index (χ1n) is 10.5. The van der Waals surface area contributed by atoms with E-state index in [9.17, 15) is 18.0 Å². The highest BCUT2D eigenvalue weighted by atomic mass is 32.2. The van der Waals surface area contributed by atoms with Crippen molar-refractivity contribution in [2.75, 3.05) is 52.4 Å². The molecule has 166 valence electrons. The van der Waals surface area contributed by atoms with E-state index in [1.165, 1.54) is 4.31 Å². The quantitative estimate of drug-likeness (QED) is 0.620. The molecular weight excluding hydrogens is 406 g/mol. The number of amides is 1. The van der Waals surface area contributed by atoms with Crippen molar-refractivity contribution in [3.63, 3.8) is 0 Å². The third-order valence-electron chi connectivity index (χ3n) is 5.73. The number of piperidine rings is 1. The second-order valence-corrected chi connectivity index (χ2v) is 9.86. The number of rotatable bonds is 6. The van der Waals surface area contributed by atoms with Gasteiger partial charge in [-0.25, -0.2) is 8.42 Å². The van der Waals surface area contributed by atoms with Crippen molar-refractivity contribution in [3.05, 3.63) is 29.8 Å². The number of piperazine rings is 1. The fraction of sp³-hybridized carbons (Fsp3) is 0.619. The number of carbonyl (C=O) groups is 2. The first-order valence-corrected chi connectivity index (χ1v) is 12.0. The molecule has 1 atom stereocenters. The van der Waals surface area contributed by atoms with Gasteiger partial charge in [-0.2, -0.15) is 4.31 Å². The molecule has 1 aromatic carbocycles. The molecule has 1 unspecified atom stereocenters. The summed E-state index contributed by atoms with van der Waals surface area (Å²) < 4.78 is 32.2. The Balaban J connectivity index is 1.51. The van der Waals surface area contributed by atoms with Gasteiger partial charge in [0.05, 0.1) is 24.0 Å². The van der Waals surface area contributed by atoms with Crippen molar-refractivity contribution < 1.29 is 22.7 Å². The lowest BCUT2D eigenvalue weighted by Crippen LogP contribution is -2.53. The summed E-state index contributed by atoms with van der Waals surface area (Å²) in [5.41, 5.74) is 1.01. The summed E-state index contributed by atoms with van der Waals surface area (Å²) in [6.07, 6.45) is 1.65. The summed E-state index contributed by atoms with van der Waals surface area (Å²) in [4.78, 5) is 28.7. The molecule has 0 bridgehead atoms. The summed E-state index contributed by atoms with van der Waals surface area (Å²) in [5, 5.41) is 0. The van der Waals surface area contributed by atoms with Crippen molar-refractivity contribution in [1.29, 1.82) is 0 Å². The first-order chi connectivity index (χ1) is 14.3. The van der Waals surface area contributed by atoms with Crippen LogP contribution in [0.5, 0.6) is 0 Å². The molecular formula is C21H31N3O5S. The molecule has 0 saturated carbocycles. The molecule has 2 fully saturated rings. The number of esters is 1.